The maximum atomic E-state index is 11.9. The van der Waals surface area contributed by atoms with Gasteiger partial charge in [0.2, 0.25) is 0 Å². The van der Waals surface area contributed by atoms with E-state index in [0.29, 0.717) is 16.4 Å². The Morgan fingerprint density at radius 2 is 2.17 bits per heavy atom. The van der Waals surface area contributed by atoms with Crippen molar-refractivity contribution in [2.75, 3.05) is 6.61 Å². The van der Waals surface area contributed by atoms with E-state index < -0.39 is 5.97 Å². The van der Waals surface area contributed by atoms with E-state index in [1.165, 1.54) is 6.08 Å². The standard InChI is InChI=1S/C17H12ClIN2O2/c1-2-7-23-17(22)10-3-6-14-15(8-10)21-16(20-14)12-9-11(19)4-5-13(12)18/h2-6,8-9H,1,7H2,(H,20,21). The number of aromatic nitrogens is 2. The highest BCUT2D eigenvalue weighted by molar-refractivity contribution is 14.1. The lowest BCUT2D eigenvalue weighted by atomic mass is 10.2. The molecule has 0 unspecified atom stereocenters. The van der Waals surface area contributed by atoms with Crippen molar-refractivity contribution in [3.8, 4) is 11.4 Å². The minimum Gasteiger partial charge on any atom is -0.458 e. The third kappa shape index (κ3) is 3.40. The van der Waals surface area contributed by atoms with Gasteiger partial charge in [0.25, 0.3) is 0 Å². The number of H-pyrrole nitrogens is 1. The summed E-state index contributed by atoms with van der Waals surface area (Å²) in [7, 11) is 0. The molecule has 0 aliphatic heterocycles. The van der Waals surface area contributed by atoms with Crippen molar-refractivity contribution in [1.29, 1.82) is 0 Å². The molecule has 0 saturated heterocycles. The molecular weight excluding hydrogens is 427 g/mol. The number of aromatic amines is 1. The summed E-state index contributed by atoms with van der Waals surface area (Å²) in [6.07, 6.45) is 1.53. The number of carbonyl (C=O) groups is 1. The number of benzene rings is 2. The fourth-order valence-corrected chi connectivity index (χ4v) is 2.86. The zero-order valence-electron chi connectivity index (χ0n) is 12.0. The summed E-state index contributed by atoms with van der Waals surface area (Å²) < 4.78 is 6.10. The molecule has 0 aliphatic rings. The largest absolute Gasteiger partial charge is 0.458 e. The Labute approximate surface area is 151 Å². The summed E-state index contributed by atoms with van der Waals surface area (Å²) >= 11 is 8.47. The van der Waals surface area contributed by atoms with Crippen LogP contribution in [0.4, 0.5) is 0 Å². The number of rotatable bonds is 4. The maximum absolute atomic E-state index is 11.9. The first-order valence-electron chi connectivity index (χ1n) is 6.81. The van der Waals surface area contributed by atoms with Crippen molar-refractivity contribution in [3.63, 3.8) is 0 Å². The quantitative estimate of drug-likeness (QED) is 0.361. The molecule has 3 rings (SSSR count). The fourth-order valence-electron chi connectivity index (χ4n) is 2.16. The maximum Gasteiger partial charge on any atom is 0.338 e. The molecule has 116 valence electrons. The monoisotopic (exact) mass is 438 g/mol. The minimum absolute atomic E-state index is 0.184. The fraction of sp³-hybridized carbons (Fsp3) is 0.0588. The first-order valence-corrected chi connectivity index (χ1v) is 8.27. The van der Waals surface area contributed by atoms with Crippen LogP contribution >= 0.6 is 34.2 Å². The number of esters is 1. The van der Waals surface area contributed by atoms with Crippen molar-refractivity contribution < 1.29 is 9.53 Å². The number of ether oxygens (including phenoxy) is 1. The molecule has 0 amide bonds. The SMILES string of the molecule is C=CCOC(=O)c1ccc2nc(-c3cc(I)ccc3Cl)[nH]c2c1. The first kappa shape index (κ1) is 16.0. The van der Waals surface area contributed by atoms with Gasteiger partial charge in [0.05, 0.1) is 21.6 Å². The molecule has 6 heteroatoms. The van der Waals surface area contributed by atoms with Crippen molar-refractivity contribution in [2.24, 2.45) is 0 Å². The predicted molar refractivity (Wildman–Crippen MR) is 99.7 cm³/mol. The second kappa shape index (κ2) is 6.72. The van der Waals surface area contributed by atoms with E-state index >= 15 is 0 Å². The van der Waals surface area contributed by atoms with Crippen molar-refractivity contribution in [3.05, 3.63) is 63.2 Å². The highest BCUT2D eigenvalue weighted by Crippen LogP contribution is 2.29. The molecule has 0 aliphatic carbocycles. The van der Waals surface area contributed by atoms with Gasteiger partial charge in [-0.3, -0.25) is 0 Å². The summed E-state index contributed by atoms with van der Waals surface area (Å²) in [5.74, 6) is 0.273. The van der Waals surface area contributed by atoms with Gasteiger partial charge < -0.3 is 9.72 Å². The number of carbonyl (C=O) groups excluding carboxylic acids is 1. The normalized spacial score (nSPS) is 10.7. The molecule has 1 aromatic heterocycles. The molecule has 0 bridgehead atoms. The lowest BCUT2D eigenvalue weighted by molar-refractivity contribution is 0.0550. The number of fused-ring (bicyclic) bond motifs is 1. The van der Waals surface area contributed by atoms with E-state index in [0.717, 1.165) is 20.2 Å². The second-order valence-corrected chi connectivity index (χ2v) is 6.48. The molecule has 3 aromatic rings. The number of hydrogen-bond donors (Lipinski definition) is 1. The minimum atomic E-state index is -0.393. The van der Waals surface area contributed by atoms with E-state index in [1.54, 1.807) is 18.2 Å². The van der Waals surface area contributed by atoms with E-state index in [2.05, 4.69) is 39.1 Å². The molecule has 0 radical (unpaired) electrons. The predicted octanol–water partition coefficient (Wildman–Crippen LogP) is 4.83. The molecule has 0 saturated carbocycles. The van der Waals surface area contributed by atoms with Crippen LogP contribution in [0, 0.1) is 3.57 Å². The van der Waals surface area contributed by atoms with Crippen molar-refractivity contribution in [2.45, 2.75) is 0 Å². The average Bonchev–Trinajstić information content (AvgIpc) is 2.97. The topological polar surface area (TPSA) is 55.0 Å². The van der Waals surface area contributed by atoms with Gasteiger partial charge in [-0.1, -0.05) is 24.3 Å². The summed E-state index contributed by atoms with van der Waals surface area (Å²) in [5.41, 5.74) is 2.80. The number of nitrogens with zero attached hydrogens (tertiary/aromatic N) is 1. The number of hydrogen-bond acceptors (Lipinski definition) is 3. The van der Waals surface area contributed by atoms with Crippen molar-refractivity contribution >= 4 is 51.2 Å². The number of imidazole rings is 1. The molecular formula is C17H12ClIN2O2. The van der Waals surface area contributed by atoms with Gasteiger partial charge in [-0.25, -0.2) is 9.78 Å². The van der Waals surface area contributed by atoms with E-state index in [9.17, 15) is 4.79 Å². The molecule has 0 atom stereocenters. The van der Waals surface area contributed by atoms with E-state index in [4.69, 9.17) is 16.3 Å². The Hall–Kier alpha value is -1.86. The van der Waals surface area contributed by atoms with Gasteiger partial charge in [0.15, 0.2) is 0 Å². The van der Waals surface area contributed by atoms with Gasteiger partial charge in [0.1, 0.15) is 12.4 Å². The Kier molecular flexibility index (Phi) is 4.68. The van der Waals surface area contributed by atoms with Crippen LogP contribution in [0.2, 0.25) is 5.02 Å². The van der Waals surface area contributed by atoms with Gasteiger partial charge >= 0.3 is 5.97 Å². The molecule has 4 nitrogen and oxygen atoms in total. The summed E-state index contributed by atoms with van der Waals surface area (Å²) in [5, 5.41) is 0.620. The van der Waals surface area contributed by atoms with Crippen LogP contribution in [0.5, 0.6) is 0 Å². The second-order valence-electron chi connectivity index (χ2n) is 4.83. The molecule has 0 fully saturated rings. The molecule has 23 heavy (non-hydrogen) atoms. The highest BCUT2D eigenvalue weighted by atomic mass is 127. The molecule has 1 N–H and O–H groups in total. The van der Waals surface area contributed by atoms with Crippen LogP contribution in [0.15, 0.2) is 49.1 Å². The number of halogens is 2. The van der Waals surface area contributed by atoms with Crippen molar-refractivity contribution in [1.82, 2.24) is 9.97 Å². The third-order valence-corrected chi connectivity index (χ3v) is 4.23. The van der Waals surface area contributed by atoms with Gasteiger partial charge in [-0.2, -0.15) is 0 Å². The zero-order valence-corrected chi connectivity index (χ0v) is 14.9. The lowest BCUT2D eigenvalue weighted by Crippen LogP contribution is -2.04. The van der Waals surface area contributed by atoms with Crippen LogP contribution in [0.25, 0.3) is 22.4 Å². The Morgan fingerprint density at radius 3 is 2.96 bits per heavy atom. The van der Waals surface area contributed by atoms with Crippen LogP contribution in [-0.2, 0) is 4.74 Å². The van der Waals surface area contributed by atoms with Gasteiger partial charge in [-0.05, 0) is 59.0 Å². The molecule has 2 aromatic carbocycles. The van der Waals surface area contributed by atoms with Crippen LogP contribution < -0.4 is 0 Å². The van der Waals surface area contributed by atoms with Crippen LogP contribution in [-0.4, -0.2) is 22.5 Å². The third-order valence-electron chi connectivity index (χ3n) is 3.23. The molecule has 0 spiro atoms. The van der Waals surface area contributed by atoms with Gasteiger partial charge in [-0.15, -0.1) is 0 Å². The summed E-state index contributed by atoms with van der Waals surface area (Å²) in [6, 6.07) is 10.9. The Bertz CT molecular complexity index is 905. The lowest BCUT2D eigenvalue weighted by Gasteiger charge is -2.01. The summed E-state index contributed by atoms with van der Waals surface area (Å²) in [6.45, 7) is 3.71. The first-order chi connectivity index (χ1) is 11.1. The van der Waals surface area contributed by atoms with Crippen LogP contribution in [0.3, 0.4) is 0 Å². The number of nitrogens with one attached hydrogen (secondary N) is 1. The zero-order chi connectivity index (χ0) is 16.4. The average molecular weight is 439 g/mol. The van der Waals surface area contributed by atoms with Gasteiger partial charge in [0, 0.05) is 9.13 Å². The van der Waals surface area contributed by atoms with Crippen LogP contribution in [0.1, 0.15) is 10.4 Å². The highest BCUT2D eigenvalue weighted by Gasteiger charge is 2.12. The van der Waals surface area contributed by atoms with E-state index in [-0.39, 0.29) is 6.61 Å². The Morgan fingerprint density at radius 1 is 1.35 bits per heavy atom. The smallest absolute Gasteiger partial charge is 0.338 e. The molecule has 1 heterocycles. The van der Waals surface area contributed by atoms with E-state index in [1.807, 2.05) is 18.2 Å². The Balaban J connectivity index is 2.00. The summed E-state index contributed by atoms with van der Waals surface area (Å²) in [4.78, 5) is 19.6.